The quantitative estimate of drug-likeness (QED) is 0.850. The lowest BCUT2D eigenvalue weighted by atomic mass is 10.0. The zero-order valence-corrected chi connectivity index (χ0v) is 15.5. The second-order valence-electron chi connectivity index (χ2n) is 5.51. The standard InChI is InChI=1S/C14H21BrN2O2S2/c1-10(16)7-11-8-12(15)3-4-13(11)17-5-6-20-9-14(17)21(2,18)19/h3-4,8,10,14H,5-7,9,16H2,1-2H3. The number of rotatable bonds is 4. The van der Waals surface area contributed by atoms with E-state index in [-0.39, 0.29) is 6.04 Å². The molecule has 0 radical (unpaired) electrons. The fourth-order valence-electron chi connectivity index (χ4n) is 2.56. The smallest absolute Gasteiger partial charge is 0.169 e. The highest BCUT2D eigenvalue weighted by Crippen LogP contribution is 2.31. The van der Waals surface area contributed by atoms with Gasteiger partial charge in [-0.25, -0.2) is 8.42 Å². The minimum atomic E-state index is -3.12. The Morgan fingerprint density at radius 2 is 2.24 bits per heavy atom. The number of benzene rings is 1. The first-order valence-corrected chi connectivity index (χ1v) is 10.8. The highest BCUT2D eigenvalue weighted by atomic mass is 79.9. The Balaban J connectivity index is 2.43. The van der Waals surface area contributed by atoms with Gasteiger partial charge in [0, 0.05) is 40.5 Å². The Labute approximate surface area is 139 Å². The van der Waals surface area contributed by atoms with Gasteiger partial charge in [-0.15, -0.1) is 0 Å². The van der Waals surface area contributed by atoms with E-state index in [1.807, 2.05) is 30.0 Å². The summed E-state index contributed by atoms with van der Waals surface area (Å²) in [6, 6.07) is 6.03. The largest absolute Gasteiger partial charge is 0.353 e. The lowest BCUT2D eigenvalue weighted by Crippen LogP contribution is -2.47. The van der Waals surface area contributed by atoms with E-state index in [1.54, 1.807) is 11.8 Å². The fraction of sp³-hybridized carbons (Fsp3) is 0.571. The van der Waals surface area contributed by atoms with Crippen LogP contribution in [0.2, 0.25) is 0 Å². The molecule has 1 fully saturated rings. The minimum Gasteiger partial charge on any atom is -0.353 e. The van der Waals surface area contributed by atoms with Crippen LogP contribution in [0.5, 0.6) is 0 Å². The van der Waals surface area contributed by atoms with Crippen molar-refractivity contribution in [2.24, 2.45) is 5.73 Å². The molecule has 1 aliphatic rings. The summed E-state index contributed by atoms with van der Waals surface area (Å²) in [4.78, 5) is 2.02. The summed E-state index contributed by atoms with van der Waals surface area (Å²) < 4.78 is 25.2. The molecule has 2 rings (SSSR count). The molecule has 2 N–H and O–H groups in total. The van der Waals surface area contributed by atoms with Crippen LogP contribution in [0.25, 0.3) is 0 Å². The maximum Gasteiger partial charge on any atom is 0.169 e. The van der Waals surface area contributed by atoms with Crippen LogP contribution in [0.1, 0.15) is 12.5 Å². The minimum absolute atomic E-state index is 0.0360. The van der Waals surface area contributed by atoms with Crippen LogP contribution in [0, 0.1) is 0 Å². The lowest BCUT2D eigenvalue weighted by Gasteiger charge is -2.37. The Bertz CT molecular complexity index is 605. The van der Waals surface area contributed by atoms with E-state index in [0.29, 0.717) is 5.75 Å². The average molecular weight is 393 g/mol. The van der Waals surface area contributed by atoms with Gasteiger partial charge in [0.1, 0.15) is 5.37 Å². The summed E-state index contributed by atoms with van der Waals surface area (Å²) in [5.74, 6) is 1.56. The predicted octanol–water partition coefficient (Wildman–Crippen LogP) is 2.26. The molecule has 1 heterocycles. The number of hydrogen-bond acceptors (Lipinski definition) is 5. The Morgan fingerprint density at radius 1 is 1.52 bits per heavy atom. The SMILES string of the molecule is CC(N)Cc1cc(Br)ccc1N1CCSCC1S(C)(=O)=O. The van der Waals surface area contributed by atoms with Gasteiger partial charge in [-0.2, -0.15) is 11.8 Å². The van der Waals surface area contributed by atoms with Crippen LogP contribution in [0.3, 0.4) is 0 Å². The first kappa shape index (κ1) is 17.1. The van der Waals surface area contributed by atoms with Gasteiger partial charge in [-0.1, -0.05) is 15.9 Å². The molecule has 1 aliphatic heterocycles. The molecule has 0 bridgehead atoms. The van der Waals surface area contributed by atoms with Crippen molar-refractivity contribution < 1.29 is 8.42 Å². The Morgan fingerprint density at radius 3 is 2.86 bits per heavy atom. The zero-order chi connectivity index (χ0) is 15.6. The van der Waals surface area contributed by atoms with Crippen LogP contribution in [0.15, 0.2) is 22.7 Å². The van der Waals surface area contributed by atoms with Crippen molar-refractivity contribution in [3.05, 3.63) is 28.2 Å². The van der Waals surface area contributed by atoms with Crippen LogP contribution < -0.4 is 10.6 Å². The molecule has 21 heavy (non-hydrogen) atoms. The Hall–Kier alpha value is -0.240. The normalized spacial score (nSPS) is 21.3. The summed E-state index contributed by atoms with van der Waals surface area (Å²) in [6.45, 7) is 2.71. The van der Waals surface area contributed by atoms with Crippen molar-refractivity contribution >= 4 is 43.2 Å². The second kappa shape index (κ2) is 6.89. The van der Waals surface area contributed by atoms with Gasteiger partial charge < -0.3 is 10.6 Å². The number of hydrogen-bond donors (Lipinski definition) is 1. The summed E-state index contributed by atoms with van der Waals surface area (Å²) >= 11 is 5.18. The molecule has 0 aromatic heterocycles. The van der Waals surface area contributed by atoms with E-state index in [4.69, 9.17) is 5.73 Å². The van der Waals surface area contributed by atoms with Gasteiger partial charge in [-0.05, 0) is 37.1 Å². The topological polar surface area (TPSA) is 63.4 Å². The van der Waals surface area contributed by atoms with Gasteiger partial charge in [0.15, 0.2) is 9.84 Å². The molecule has 0 aliphatic carbocycles. The third-order valence-electron chi connectivity index (χ3n) is 3.47. The fourth-order valence-corrected chi connectivity index (χ4v) is 5.80. The zero-order valence-electron chi connectivity index (χ0n) is 12.3. The molecule has 0 amide bonds. The van der Waals surface area contributed by atoms with Crippen molar-refractivity contribution in [2.75, 3.05) is 29.2 Å². The molecular weight excluding hydrogens is 372 g/mol. The van der Waals surface area contributed by atoms with Crippen molar-refractivity contribution in [1.82, 2.24) is 0 Å². The number of halogens is 1. The van der Waals surface area contributed by atoms with E-state index in [2.05, 4.69) is 15.9 Å². The first-order valence-electron chi connectivity index (χ1n) is 6.86. The maximum absolute atomic E-state index is 12.1. The monoisotopic (exact) mass is 392 g/mol. The van der Waals surface area contributed by atoms with Crippen LogP contribution in [0.4, 0.5) is 5.69 Å². The first-order chi connectivity index (χ1) is 9.79. The highest BCUT2D eigenvalue weighted by molar-refractivity contribution is 9.10. The van der Waals surface area contributed by atoms with Gasteiger partial charge in [-0.3, -0.25) is 0 Å². The summed E-state index contributed by atoms with van der Waals surface area (Å²) in [5, 5.41) is -0.454. The second-order valence-corrected chi connectivity index (χ2v) is 9.78. The number of nitrogens with zero attached hydrogens (tertiary/aromatic N) is 1. The van der Waals surface area contributed by atoms with Crippen molar-refractivity contribution in [3.8, 4) is 0 Å². The van der Waals surface area contributed by atoms with Gasteiger partial charge in [0.05, 0.1) is 0 Å². The van der Waals surface area contributed by atoms with Crippen molar-refractivity contribution in [3.63, 3.8) is 0 Å². The van der Waals surface area contributed by atoms with Gasteiger partial charge in [0.25, 0.3) is 0 Å². The summed E-state index contributed by atoms with van der Waals surface area (Å²) in [7, 11) is -3.12. The van der Waals surface area contributed by atoms with E-state index < -0.39 is 15.2 Å². The van der Waals surface area contributed by atoms with Crippen LogP contribution >= 0.6 is 27.7 Å². The molecule has 4 nitrogen and oxygen atoms in total. The lowest BCUT2D eigenvalue weighted by molar-refractivity contribution is 0.584. The van der Waals surface area contributed by atoms with E-state index in [1.165, 1.54) is 6.26 Å². The van der Waals surface area contributed by atoms with Gasteiger partial charge >= 0.3 is 0 Å². The number of anilines is 1. The van der Waals surface area contributed by atoms with Crippen molar-refractivity contribution in [1.29, 1.82) is 0 Å². The van der Waals surface area contributed by atoms with E-state index >= 15 is 0 Å². The summed E-state index contributed by atoms with van der Waals surface area (Å²) in [5.41, 5.74) is 8.03. The van der Waals surface area contributed by atoms with Crippen molar-refractivity contribution in [2.45, 2.75) is 24.8 Å². The third-order valence-corrected chi connectivity index (χ3v) is 6.61. The molecule has 0 saturated carbocycles. The number of thioether (sulfide) groups is 1. The molecule has 2 unspecified atom stereocenters. The van der Waals surface area contributed by atoms with Gasteiger partial charge in [0.2, 0.25) is 0 Å². The van der Waals surface area contributed by atoms with E-state index in [0.717, 1.165) is 34.4 Å². The maximum atomic E-state index is 12.1. The third kappa shape index (κ3) is 4.37. The molecule has 118 valence electrons. The molecule has 1 aromatic carbocycles. The van der Waals surface area contributed by atoms with Crippen LogP contribution in [-0.4, -0.2) is 44.1 Å². The molecule has 0 spiro atoms. The predicted molar refractivity (Wildman–Crippen MR) is 94.8 cm³/mol. The summed E-state index contributed by atoms with van der Waals surface area (Å²) in [6.07, 6.45) is 2.05. The molecule has 7 heteroatoms. The highest BCUT2D eigenvalue weighted by Gasteiger charge is 2.32. The molecule has 1 aromatic rings. The molecular formula is C14H21BrN2O2S2. The van der Waals surface area contributed by atoms with E-state index in [9.17, 15) is 8.42 Å². The Kier molecular flexibility index (Phi) is 5.62. The average Bonchev–Trinajstić information content (AvgIpc) is 2.37. The molecule has 1 saturated heterocycles. The number of sulfone groups is 1. The molecule has 2 atom stereocenters. The number of nitrogens with two attached hydrogens (primary N) is 1. The van der Waals surface area contributed by atoms with Crippen LogP contribution in [-0.2, 0) is 16.3 Å².